The topological polar surface area (TPSA) is 79.8 Å². The van der Waals surface area contributed by atoms with Crippen LogP contribution in [0.5, 0.6) is 0 Å². The molecule has 184 valence electrons. The van der Waals surface area contributed by atoms with E-state index in [-0.39, 0.29) is 5.92 Å². The number of halogens is 1. The summed E-state index contributed by atoms with van der Waals surface area (Å²) in [4.78, 5) is 20.8. The fraction of sp³-hybridized carbons (Fsp3) is 0.321. The average molecular weight is 501 g/mol. The Bertz CT molecular complexity index is 1370. The minimum atomic E-state index is 0.286. The molecule has 0 aliphatic carbocycles. The van der Waals surface area contributed by atoms with E-state index in [2.05, 4.69) is 46.0 Å². The molecule has 8 heteroatoms. The Morgan fingerprint density at radius 1 is 1.17 bits per heavy atom. The van der Waals surface area contributed by atoms with Crippen molar-refractivity contribution in [3.8, 4) is 11.4 Å². The van der Waals surface area contributed by atoms with Crippen LogP contribution in [-0.4, -0.2) is 44.8 Å². The number of benzene rings is 1. The molecule has 4 heterocycles. The van der Waals surface area contributed by atoms with E-state index in [4.69, 9.17) is 26.1 Å². The number of rotatable bonds is 6. The highest BCUT2D eigenvalue weighted by molar-refractivity contribution is 6.32. The normalized spacial score (nSPS) is 18.9. The van der Waals surface area contributed by atoms with Gasteiger partial charge in [0.1, 0.15) is 11.7 Å². The van der Waals surface area contributed by atoms with Crippen molar-refractivity contribution in [1.82, 2.24) is 20.0 Å². The monoisotopic (exact) mass is 500 g/mol. The number of hydrogen-bond acceptors (Lipinski definition) is 6. The molecule has 0 radical (unpaired) electrons. The maximum absolute atomic E-state index is 6.77. The first kappa shape index (κ1) is 24.1. The van der Waals surface area contributed by atoms with Crippen molar-refractivity contribution in [3.63, 3.8) is 0 Å². The van der Waals surface area contributed by atoms with Crippen LogP contribution in [0.3, 0.4) is 0 Å². The Morgan fingerprint density at radius 3 is 2.69 bits per heavy atom. The highest BCUT2D eigenvalue weighted by Crippen LogP contribution is 2.34. The molecular formula is C28H29ClN6O. The summed E-state index contributed by atoms with van der Waals surface area (Å²) in [6.07, 6.45) is 10.0. The maximum atomic E-state index is 6.77. The number of nitrogens with zero attached hydrogens (tertiary/aromatic N) is 6. The third-order valence-corrected chi connectivity index (χ3v) is 6.92. The summed E-state index contributed by atoms with van der Waals surface area (Å²) in [5.41, 5.74) is 5.26. The van der Waals surface area contributed by atoms with E-state index in [0.717, 1.165) is 65.4 Å². The predicted molar refractivity (Wildman–Crippen MR) is 144 cm³/mol. The van der Waals surface area contributed by atoms with Crippen molar-refractivity contribution < 1.29 is 4.52 Å². The number of pyridine rings is 1. The molecule has 2 aliphatic rings. The van der Waals surface area contributed by atoms with Gasteiger partial charge in [-0.2, -0.15) is 4.98 Å². The number of allylic oxidation sites excluding steroid dienone is 1. The number of aromatic nitrogens is 3. The quantitative estimate of drug-likeness (QED) is 0.404. The number of likely N-dealkylation sites (N-methyl/N-ethyl adjacent to an activating group) is 1. The molecule has 2 aliphatic heterocycles. The number of aryl methyl sites for hydroxylation is 1. The van der Waals surface area contributed by atoms with Crippen LogP contribution in [0, 0.1) is 12.8 Å². The van der Waals surface area contributed by atoms with Crippen molar-refractivity contribution >= 4 is 28.8 Å². The molecular weight excluding hydrogens is 472 g/mol. The molecule has 1 aromatic carbocycles. The van der Waals surface area contributed by atoms with E-state index >= 15 is 0 Å². The highest BCUT2D eigenvalue weighted by Gasteiger charge is 2.27. The van der Waals surface area contributed by atoms with Gasteiger partial charge < -0.3 is 9.42 Å². The number of hydrogen-bond donors (Lipinski definition) is 0. The van der Waals surface area contributed by atoms with Crippen molar-refractivity contribution in [2.45, 2.75) is 40.2 Å². The molecule has 0 saturated heterocycles. The molecule has 0 saturated carbocycles. The average Bonchev–Trinajstić information content (AvgIpc) is 3.25. The van der Waals surface area contributed by atoms with Crippen LogP contribution in [0.25, 0.3) is 17.0 Å². The molecule has 2 aromatic heterocycles. The molecule has 0 spiro atoms. The second kappa shape index (κ2) is 10.6. The largest absolute Gasteiger partial charge is 0.352 e. The van der Waals surface area contributed by atoms with Crippen LogP contribution in [0.15, 0.2) is 75.0 Å². The summed E-state index contributed by atoms with van der Waals surface area (Å²) in [5, 5.41) is 4.67. The van der Waals surface area contributed by atoms with Gasteiger partial charge in [-0.3, -0.25) is 9.98 Å². The number of aliphatic imine (C=N–C) groups is 2. The maximum Gasteiger partial charge on any atom is 0.223 e. The Labute approximate surface area is 216 Å². The standard InChI is InChI=1S/C28H29ClN6O/c1-4-20-6-7-22-14-23(24-9-8-21(15-25(24)29)27-32-18(3)36-34-27)17-35(5-2)28(22)33-26(20)31-16-19-10-12-30-13-11-19/h7-15,20H,4-6,16-17H2,1-3H3. The molecule has 0 fully saturated rings. The summed E-state index contributed by atoms with van der Waals surface area (Å²) in [7, 11) is 0. The van der Waals surface area contributed by atoms with Crippen molar-refractivity contribution in [2.75, 3.05) is 13.1 Å². The third kappa shape index (κ3) is 5.02. The molecule has 0 amide bonds. The van der Waals surface area contributed by atoms with Crippen LogP contribution in [0.1, 0.15) is 43.7 Å². The zero-order chi connectivity index (χ0) is 25.1. The lowest BCUT2D eigenvalue weighted by molar-refractivity contribution is 0.394. The van der Waals surface area contributed by atoms with Gasteiger partial charge in [0.2, 0.25) is 11.7 Å². The first-order chi connectivity index (χ1) is 17.6. The van der Waals surface area contributed by atoms with Gasteiger partial charge in [-0.1, -0.05) is 41.9 Å². The summed E-state index contributed by atoms with van der Waals surface area (Å²) in [6, 6.07) is 9.94. The van der Waals surface area contributed by atoms with Crippen molar-refractivity contribution in [2.24, 2.45) is 15.9 Å². The van der Waals surface area contributed by atoms with Gasteiger partial charge in [-0.05, 0) is 60.7 Å². The summed E-state index contributed by atoms with van der Waals surface area (Å²) < 4.78 is 5.12. The van der Waals surface area contributed by atoms with Gasteiger partial charge in [0.05, 0.1) is 6.54 Å². The van der Waals surface area contributed by atoms with Crippen LogP contribution in [0.4, 0.5) is 0 Å². The molecule has 1 atom stereocenters. The molecule has 1 unspecified atom stereocenters. The lowest BCUT2D eigenvalue weighted by Crippen LogP contribution is -2.36. The molecule has 7 nitrogen and oxygen atoms in total. The van der Waals surface area contributed by atoms with E-state index in [9.17, 15) is 0 Å². The number of fused-ring (bicyclic) bond motifs is 1. The SMILES string of the molecule is CCC1CC=C2C=C(c3ccc(-c4noc(C)n4)cc3Cl)CN(CC)C2=NC1=NCc1ccncc1. The second-order valence-corrected chi connectivity index (χ2v) is 9.39. The van der Waals surface area contributed by atoms with Gasteiger partial charge in [-0.25, -0.2) is 4.99 Å². The summed E-state index contributed by atoms with van der Waals surface area (Å²) >= 11 is 6.77. The van der Waals surface area contributed by atoms with E-state index in [1.807, 2.05) is 30.3 Å². The Hall–Kier alpha value is -3.58. The minimum Gasteiger partial charge on any atom is -0.352 e. The fourth-order valence-electron chi connectivity index (χ4n) is 4.55. The summed E-state index contributed by atoms with van der Waals surface area (Å²) in [5.74, 6) is 3.26. The fourth-order valence-corrected chi connectivity index (χ4v) is 4.85. The molecule has 36 heavy (non-hydrogen) atoms. The third-order valence-electron chi connectivity index (χ3n) is 6.60. The van der Waals surface area contributed by atoms with Crippen LogP contribution < -0.4 is 0 Å². The second-order valence-electron chi connectivity index (χ2n) is 8.98. The zero-order valence-corrected chi connectivity index (χ0v) is 21.5. The molecule has 5 rings (SSSR count). The van der Waals surface area contributed by atoms with Crippen LogP contribution in [-0.2, 0) is 6.54 Å². The predicted octanol–water partition coefficient (Wildman–Crippen LogP) is 6.17. The summed E-state index contributed by atoms with van der Waals surface area (Å²) in [6.45, 7) is 8.29. The highest BCUT2D eigenvalue weighted by atomic mass is 35.5. The van der Waals surface area contributed by atoms with E-state index < -0.39 is 0 Å². The minimum absolute atomic E-state index is 0.286. The first-order valence-corrected chi connectivity index (χ1v) is 12.7. The van der Waals surface area contributed by atoms with Gasteiger partial charge >= 0.3 is 0 Å². The zero-order valence-electron chi connectivity index (χ0n) is 20.8. The molecule has 3 aromatic rings. The van der Waals surface area contributed by atoms with E-state index in [0.29, 0.717) is 23.3 Å². The van der Waals surface area contributed by atoms with Gasteiger partial charge in [0.25, 0.3) is 0 Å². The Morgan fingerprint density at radius 2 is 2.00 bits per heavy atom. The molecule has 0 N–H and O–H groups in total. The van der Waals surface area contributed by atoms with E-state index in [1.165, 1.54) is 0 Å². The van der Waals surface area contributed by atoms with E-state index in [1.54, 1.807) is 19.3 Å². The van der Waals surface area contributed by atoms with Crippen LogP contribution in [0.2, 0.25) is 5.02 Å². The van der Waals surface area contributed by atoms with Crippen molar-refractivity contribution in [1.29, 1.82) is 0 Å². The van der Waals surface area contributed by atoms with Gasteiger partial charge in [-0.15, -0.1) is 0 Å². The van der Waals surface area contributed by atoms with Gasteiger partial charge in [0.15, 0.2) is 0 Å². The smallest absolute Gasteiger partial charge is 0.223 e. The lowest BCUT2D eigenvalue weighted by Gasteiger charge is -2.31. The Balaban J connectivity index is 1.48. The molecule has 0 bridgehead atoms. The van der Waals surface area contributed by atoms with Gasteiger partial charge in [0, 0.05) is 54.5 Å². The lowest BCUT2D eigenvalue weighted by atomic mass is 9.95. The number of amidine groups is 2. The Kier molecular flexibility index (Phi) is 7.09. The van der Waals surface area contributed by atoms with Crippen LogP contribution >= 0.6 is 11.6 Å². The first-order valence-electron chi connectivity index (χ1n) is 12.3. The van der Waals surface area contributed by atoms with Crippen molar-refractivity contribution in [3.05, 3.63) is 82.5 Å².